The maximum absolute atomic E-state index is 13.9. The van der Waals surface area contributed by atoms with Crippen LogP contribution in [0.25, 0.3) is 0 Å². The van der Waals surface area contributed by atoms with Crippen molar-refractivity contribution in [3.63, 3.8) is 0 Å². The molecule has 0 radical (unpaired) electrons. The van der Waals surface area contributed by atoms with E-state index in [0.717, 1.165) is 0 Å². The van der Waals surface area contributed by atoms with Crippen LogP contribution in [0.5, 0.6) is 0 Å². The number of carbonyl (C=O) groups is 10. The lowest BCUT2D eigenvalue weighted by Gasteiger charge is -2.29. The lowest BCUT2D eigenvalue weighted by Crippen LogP contribution is -2.60. The molecule has 0 saturated carbocycles. The largest absolute Gasteiger partial charge is 0.481 e. The normalized spacial score (nSPS) is 14.6. The number of benzene rings is 2. The number of aliphatic carboxylic acids is 3. The molecule has 0 saturated heterocycles. The first-order valence-corrected chi connectivity index (χ1v) is 21.8. The van der Waals surface area contributed by atoms with Crippen LogP contribution < -0.4 is 43.0 Å². The predicted molar refractivity (Wildman–Crippen MR) is 240 cm³/mol. The third kappa shape index (κ3) is 20.8. The van der Waals surface area contributed by atoms with Crippen molar-refractivity contribution in [2.75, 3.05) is 6.54 Å². The molecule has 13 N–H and O–H groups in total. The second kappa shape index (κ2) is 28.2. The number of hydrogen-bond donors (Lipinski definition) is 12. The Balaban J connectivity index is 2.16. The number of carboxylic acid groups (broad SMARTS) is 3. The summed E-state index contributed by atoms with van der Waals surface area (Å²) in [5.74, 6) is -10.8. The zero-order chi connectivity index (χ0) is 50.4. The van der Waals surface area contributed by atoms with Crippen molar-refractivity contribution in [2.24, 2.45) is 17.6 Å². The van der Waals surface area contributed by atoms with E-state index in [0.29, 0.717) is 11.1 Å². The fourth-order valence-electron chi connectivity index (χ4n) is 6.53. The minimum absolute atomic E-state index is 0.0861. The van der Waals surface area contributed by atoms with Crippen molar-refractivity contribution in [3.8, 4) is 0 Å². The van der Waals surface area contributed by atoms with Crippen LogP contribution in [-0.2, 0) is 60.8 Å². The smallest absolute Gasteiger partial charge is 0.326 e. The Bertz CT molecular complexity index is 2020. The Labute approximate surface area is 388 Å². The van der Waals surface area contributed by atoms with Gasteiger partial charge in [-0.2, -0.15) is 0 Å². The highest BCUT2D eigenvalue weighted by Crippen LogP contribution is 2.13. The minimum Gasteiger partial charge on any atom is -0.481 e. The summed E-state index contributed by atoms with van der Waals surface area (Å²) in [6, 6.07) is 7.58. The van der Waals surface area contributed by atoms with Gasteiger partial charge in [0.25, 0.3) is 5.91 Å². The predicted octanol–water partition coefficient (Wildman–Crippen LogP) is -1.28. The highest BCUT2D eigenvalue weighted by molar-refractivity contribution is 5.95. The Kier molecular flexibility index (Phi) is 23.6. The fraction of sp³-hybridized carbons (Fsp3) is 0.511. The molecule has 2 aromatic rings. The highest BCUT2D eigenvalue weighted by atomic mass is 16.4. The summed E-state index contributed by atoms with van der Waals surface area (Å²) < 4.78 is 0. The molecule has 0 aliphatic rings. The molecule has 22 heteroatoms. The first-order chi connectivity index (χ1) is 31.5. The van der Waals surface area contributed by atoms with Gasteiger partial charge in [-0.25, -0.2) is 4.79 Å². The van der Waals surface area contributed by atoms with Gasteiger partial charge in [0.05, 0.1) is 18.6 Å². The van der Waals surface area contributed by atoms with Crippen LogP contribution in [0.4, 0.5) is 0 Å². The molecule has 0 fully saturated rings. The van der Waals surface area contributed by atoms with Gasteiger partial charge in [0.15, 0.2) is 6.10 Å². The number of nitrogens with two attached hydrogens (primary N) is 1. The lowest BCUT2D eigenvalue weighted by atomic mass is 9.97. The zero-order valence-corrected chi connectivity index (χ0v) is 38.2. The quantitative estimate of drug-likeness (QED) is 0.0452. The number of nitrogens with one attached hydrogen (secondary N) is 7. The second-order valence-corrected chi connectivity index (χ2v) is 16.8. The average molecular weight is 941 g/mol. The number of aliphatic hydroxyl groups is 1. The molecule has 0 aliphatic carbocycles. The summed E-state index contributed by atoms with van der Waals surface area (Å²) in [5, 5.41) is 56.2. The molecule has 0 spiro atoms. The van der Waals surface area contributed by atoms with Gasteiger partial charge in [-0.1, -0.05) is 88.4 Å². The third-order valence-corrected chi connectivity index (χ3v) is 10.2. The Morgan fingerprint density at radius 3 is 1.58 bits per heavy atom. The van der Waals surface area contributed by atoms with Gasteiger partial charge in [-0.15, -0.1) is 0 Å². The summed E-state index contributed by atoms with van der Waals surface area (Å²) in [4.78, 5) is 127. The molecule has 0 unspecified atom stereocenters. The van der Waals surface area contributed by atoms with Crippen LogP contribution in [0, 0.1) is 11.8 Å². The SMILES string of the molecule is CC(C)C[C@H](NC(=O)[C@@H](NC(=O)[C@@H](N)CCC(=O)O)C(C)C)C(=O)N[C@@H](Cc1ccccc1)[C@@H](O)C(=O)NCC(=O)N[C@@H](C)C(=O)N[C@@H](CCC(=O)O)C(=O)N[C@@H](Cc1ccccc1)C(=O)O. The first-order valence-electron chi connectivity index (χ1n) is 21.8. The molecule has 8 atom stereocenters. The van der Waals surface area contributed by atoms with Gasteiger partial charge in [-0.05, 0) is 55.6 Å². The molecule has 2 rings (SSSR count). The van der Waals surface area contributed by atoms with Gasteiger partial charge >= 0.3 is 17.9 Å². The Hall–Kier alpha value is -6.94. The molecule has 0 aliphatic heterocycles. The van der Waals surface area contributed by atoms with Crippen molar-refractivity contribution in [1.82, 2.24) is 37.2 Å². The number of carbonyl (C=O) groups excluding carboxylic acids is 7. The number of hydrogen-bond acceptors (Lipinski definition) is 12. The van der Waals surface area contributed by atoms with E-state index >= 15 is 0 Å². The van der Waals surface area contributed by atoms with E-state index in [9.17, 15) is 63.3 Å². The summed E-state index contributed by atoms with van der Waals surface area (Å²) in [5.41, 5.74) is 7.02. The molecule has 368 valence electrons. The van der Waals surface area contributed by atoms with Crippen molar-refractivity contribution >= 4 is 59.3 Å². The molecular weight excluding hydrogens is 877 g/mol. The van der Waals surface area contributed by atoms with Gasteiger partial charge < -0.3 is 63.4 Å². The topological polar surface area (TPSA) is 362 Å². The maximum Gasteiger partial charge on any atom is 0.326 e. The molecule has 22 nitrogen and oxygen atoms in total. The third-order valence-electron chi connectivity index (χ3n) is 10.2. The van der Waals surface area contributed by atoms with Gasteiger partial charge in [0, 0.05) is 19.3 Å². The number of amides is 7. The van der Waals surface area contributed by atoms with Gasteiger partial charge in [-0.3, -0.25) is 43.2 Å². The van der Waals surface area contributed by atoms with E-state index in [1.165, 1.54) is 6.92 Å². The molecule has 0 heterocycles. The second-order valence-electron chi connectivity index (χ2n) is 16.8. The highest BCUT2D eigenvalue weighted by Gasteiger charge is 2.35. The van der Waals surface area contributed by atoms with Crippen molar-refractivity contribution in [1.29, 1.82) is 0 Å². The summed E-state index contributed by atoms with van der Waals surface area (Å²) >= 11 is 0. The monoisotopic (exact) mass is 940 g/mol. The van der Waals surface area contributed by atoms with Crippen LogP contribution in [0.3, 0.4) is 0 Å². The van der Waals surface area contributed by atoms with E-state index in [1.54, 1.807) is 88.4 Å². The van der Waals surface area contributed by atoms with Crippen LogP contribution in [0.1, 0.15) is 77.8 Å². The Morgan fingerprint density at radius 1 is 0.552 bits per heavy atom. The van der Waals surface area contributed by atoms with Gasteiger partial charge in [0.1, 0.15) is 30.2 Å². The summed E-state index contributed by atoms with van der Waals surface area (Å²) in [6.45, 7) is 7.30. The standard InChI is InChI=1S/C45H64N8O14/c1-24(2)20-32(51-43(64)37(25(3)4)53-40(61)29(46)16-18-35(55)56)42(63)50-31(21-27-12-8-6-9-13-27)38(59)44(65)47-23-34(54)48-26(5)39(60)49-30(17-19-36(57)58)41(62)52-33(45(66)67)22-28-14-10-7-11-15-28/h6-15,24-26,29-33,37-38,59H,16-23,46H2,1-5H3,(H,47,65)(H,48,54)(H,49,60)(H,50,63)(H,51,64)(H,52,62)(H,53,61)(H,55,56)(H,57,58)(H,66,67)/t26-,29-,30-,31-,32-,33-,37-,38+/m0/s1. The molecule has 0 bridgehead atoms. The zero-order valence-electron chi connectivity index (χ0n) is 38.2. The fourth-order valence-corrected chi connectivity index (χ4v) is 6.53. The van der Waals surface area contributed by atoms with E-state index in [2.05, 4.69) is 37.2 Å². The van der Waals surface area contributed by atoms with Crippen LogP contribution >= 0.6 is 0 Å². The Morgan fingerprint density at radius 2 is 1.06 bits per heavy atom. The van der Waals surface area contributed by atoms with Crippen LogP contribution in [0.15, 0.2) is 60.7 Å². The van der Waals surface area contributed by atoms with E-state index in [1.807, 2.05) is 0 Å². The van der Waals surface area contributed by atoms with Crippen molar-refractivity contribution in [2.45, 2.75) is 128 Å². The molecule has 7 amide bonds. The number of aliphatic hydroxyl groups excluding tert-OH is 1. The summed E-state index contributed by atoms with van der Waals surface area (Å²) in [6.07, 6.45) is -3.65. The van der Waals surface area contributed by atoms with E-state index < -0.39 is 133 Å². The lowest BCUT2D eigenvalue weighted by molar-refractivity contribution is -0.143. The number of rotatable bonds is 29. The first kappa shape index (κ1) is 56.2. The number of carboxylic acids is 3. The minimum atomic E-state index is -1.98. The molecule has 0 aromatic heterocycles. The molecule has 67 heavy (non-hydrogen) atoms. The molecule has 2 aromatic carbocycles. The van der Waals surface area contributed by atoms with Crippen LogP contribution in [0.2, 0.25) is 0 Å². The van der Waals surface area contributed by atoms with Crippen LogP contribution in [-0.4, -0.2) is 135 Å². The maximum atomic E-state index is 13.9. The van der Waals surface area contributed by atoms with Gasteiger partial charge in [0.2, 0.25) is 35.4 Å². The summed E-state index contributed by atoms with van der Waals surface area (Å²) in [7, 11) is 0. The average Bonchev–Trinajstić information content (AvgIpc) is 3.26. The van der Waals surface area contributed by atoms with Crippen molar-refractivity contribution < 1.29 is 68.4 Å². The molecular formula is C45H64N8O14. The van der Waals surface area contributed by atoms with Crippen molar-refractivity contribution in [3.05, 3.63) is 71.8 Å². The van der Waals surface area contributed by atoms with E-state index in [4.69, 9.17) is 10.8 Å². The van der Waals surface area contributed by atoms with E-state index in [-0.39, 0.29) is 38.0 Å².